The summed E-state index contributed by atoms with van der Waals surface area (Å²) in [7, 11) is -4.19. The van der Waals surface area contributed by atoms with Gasteiger partial charge in [-0.3, -0.25) is 13.9 Å². The van der Waals surface area contributed by atoms with Gasteiger partial charge in [-0.05, 0) is 60.3 Å². The van der Waals surface area contributed by atoms with Gasteiger partial charge < -0.3 is 5.32 Å². The smallest absolute Gasteiger partial charge is 0.270 e. The maximum absolute atomic E-state index is 13.6. The third-order valence-electron chi connectivity index (χ3n) is 4.79. The van der Waals surface area contributed by atoms with Crippen LogP contribution in [0.4, 0.5) is 15.8 Å². The molecule has 1 N–H and O–H groups in total. The first-order chi connectivity index (χ1) is 14.8. The van der Waals surface area contributed by atoms with Gasteiger partial charge in [-0.25, -0.2) is 12.8 Å². The predicted molar refractivity (Wildman–Crippen MR) is 118 cm³/mol. The number of halogens is 1. The second-order valence-corrected chi connectivity index (χ2v) is 9.64. The van der Waals surface area contributed by atoms with Gasteiger partial charge in [-0.1, -0.05) is 12.1 Å². The van der Waals surface area contributed by atoms with E-state index in [1.807, 2.05) is 0 Å². The molecule has 2 heterocycles. The number of anilines is 2. The van der Waals surface area contributed by atoms with Crippen molar-refractivity contribution < 1.29 is 22.4 Å². The molecule has 4 rings (SSSR count). The maximum atomic E-state index is 13.6. The molecule has 0 atom stereocenters. The lowest BCUT2D eigenvalue weighted by Gasteiger charge is -2.29. The van der Waals surface area contributed by atoms with E-state index in [0.29, 0.717) is 21.7 Å². The van der Waals surface area contributed by atoms with E-state index in [1.54, 1.807) is 41.8 Å². The molecule has 158 valence electrons. The molecule has 1 aromatic heterocycles. The number of nitrogens with zero attached hydrogens (tertiary/aromatic N) is 1. The Morgan fingerprint density at radius 1 is 1.16 bits per heavy atom. The molecule has 2 aromatic carbocycles. The molecule has 0 aliphatic carbocycles. The summed E-state index contributed by atoms with van der Waals surface area (Å²) in [6.07, 6.45) is 1.15. The summed E-state index contributed by atoms with van der Waals surface area (Å²) in [5, 5.41) is 4.47. The lowest BCUT2D eigenvalue weighted by Crippen LogP contribution is -2.38. The SMILES string of the molecule is CC(=O)c1ccc(NC=C2C(=O)c3sccc3N(Cc3cccc(F)c3)S2(=O)=O)cc1. The first kappa shape index (κ1) is 21.0. The van der Waals surface area contributed by atoms with Crippen LogP contribution in [0, 0.1) is 5.82 Å². The standard InChI is InChI=1S/C22H17FN2O4S2/c1-14(26)16-5-7-18(8-6-16)24-12-20-21(27)22-19(9-10-30-22)25(31(20,28)29)13-15-3-2-4-17(23)11-15/h2-12,24H,13H2,1H3. The van der Waals surface area contributed by atoms with Gasteiger partial charge >= 0.3 is 0 Å². The topological polar surface area (TPSA) is 83.6 Å². The largest absolute Gasteiger partial charge is 0.360 e. The number of hydrogen-bond acceptors (Lipinski definition) is 6. The molecule has 0 bridgehead atoms. The van der Waals surface area contributed by atoms with Gasteiger partial charge in [-0.2, -0.15) is 0 Å². The van der Waals surface area contributed by atoms with Crippen molar-refractivity contribution in [3.63, 3.8) is 0 Å². The van der Waals surface area contributed by atoms with Crippen LogP contribution in [-0.4, -0.2) is 20.0 Å². The van der Waals surface area contributed by atoms with Crippen molar-refractivity contribution >= 4 is 44.3 Å². The van der Waals surface area contributed by atoms with Crippen LogP contribution in [0.25, 0.3) is 0 Å². The number of rotatable bonds is 5. The fourth-order valence-electron chi connectivity index (χ4n) is 3.21. The van der Waals surface area contributed by atoms with Crippen molar-refractivity contribution in [2.75, 3.05) is 9.62 Å². The summed E-state index contributed by atoms with van der Waals surface area (Å²) in [5.74, 6) is -1.17. The number of Topliss-reactive ketones (excluding diaryl/α,β-unsaturated/α-hetero) is 2. The lowest BCUT2D eigenvalue weighted by molar-refractivity contribution is 0.101. The van der Waals surface area contributed by atoms with E-state index in [-0.39, 0.29) is 18.0 Å². The van der Waals surface area contributed by atoms with Gasteiger partial charge in [0.2, 0.25) is 5.78 Å². The zero-order valence-corrected chi connectivity index (χ0v) is 18.0. The second kappa shape index (κ2) is 8.09. The molecule has 0 fully saturated rings. The molecular formula is C22H17FN2O4S2. The van der Waals surface area contributed by atoms with Gasteiger partial charge in [0.25, 0.3) is 10.0 Å². The molecule has 9 heteroatoms. The van der Waals surface area contributed by atoms with Crippen molar-refractivity contribution in [1.29, 1.82) is 0 Å². The van der Waals surface area contributed by atoms with Crippen molar-refractivity contribution in [2.45, 2.75) is 13.5 Å². The minimum absolute atomic E-state index is 0.0897. The third kappa shape index (κ3) is 4.01. The fourth-order valence-corrected chi connectivity index (χ4v) is 5.69. The highest BCUT2D eigenvalue weighted by atomic mass is 32.2. The molecule has 1 aliphatic heterocycles. The Labute approximate surface area is 182 Å². The summed E-state index contributed by atoms with van der Waals surface area (Å²) in [4.78, 5) is 24.2. The number of ketones is 2. The molecule has 0 saturated heterocycles. The number of hydrogen-bond donors (Lipinski definition) is 1. The normalized spacial score (nSPS) is 16.3. The van der Waals surface area contributed by atoms with Crippen LogP contribution in [0.3, 0.4) is 0 Å². The summed E-state index contributed by atoms with van der Waals surface area (Å²) in [5.41, 5.74) is 1.78. The Hall–Kier alpha value is -3.30. The van der Waals surface area contributed by atoms with Crippen molar-refractivity contribution in [1.82, 2.24) is 0 Å². The number of thiophene rings is 1. The number of nitrogens with one attached hydrogen (secondary N) is 1. The first-order valence-electron chi connectivity index (χ1n) is 9.24. The van der Waals surface area contributed by atoms with Crippen LogP contribution < -0.4 is 9.62 Å². The van der Waals surface area contributed by atoms with E-state index in [0.717, 1.165) is 21.8 Å². The second-order valence-electron chi connectivity index (χ2n) is 6.89. The number of carbonyl (C=O) groups is 2. The molecule has 0 amide bonds. The Bertz CT molecular complexity index is 1310. The number of carbonyl (C=O) groups excluding carboxylic acids is 2. The minimum Gasteiger partial charge on any atom is -0.360 e. The molecular weight excluding hydrogens is 439 g/mol. The Morgan fingerprint density at radius 3 is 2.58 bits per heavy atom. The molecule has 0 saturated carbocycles. The molecule has 1 aliphatic rings. The summed E-state index contributed by atoms with van der Waals surface area (Å²) in [6, 6.07) is 13.7. The van der Waals surface area contributed by atoms with E-state index < -0.39 is 26.5 Å². The van der Waals surface area contributed by atoms with Crippen molar-refractivity contribution in [3.05, 3.63) is 92.9 Å². The third-order valence-corrected chi connectivity index (χ3v) is 7.46. The predicted octanol–water partition coefficient (Wildman–Crippen LogP) is 4.58. The molecule has 0 unspecified atom stereocenters. The molecule has 6 nitrogen and oxygen atoms in total. The van der Waals surface area contributed by atoms with Crippen LogP contribution in [0.5, 0.6) is 0 Å². The van der Waals surface area contributed by atoms with Crippen molar-refractivity contribution in [2.24, 2.45) is 0 Å². The lowest BCUT2D eigenvalue weighted by atomic mass is 10.1. The van der Waals surface area contributed by atoms with Crippen LogP contribution in [0.2, 0.25) is 0 Å². The first-order valence-corrected chi connectivity index (χ1v) is 11.6. The Morgan fingerprint density at radius 2 is 1.90 bits per heavy atom. The average molecular weight is 457 g/mol. The van der Waals surface area contributed by atoms with Gasteiger partial charge in [0, 0.05) is 17.5 Å². The zero-order valence-electron chi connectivity index (χ0n) is 16.3. The van der Waals surface area contributed by atoms with E-state index in [4.69, 9.17) is 0 Å². The van der Waals surface area contributed by atoms with E-state index >= 15 is 0 Å². The van der Waals surface area contributed by atoms with Gasteiger partial charge in [0.1, 0.15) is 10.7 Å². The molecule has 31 heavy (non-hydrogen) atoms. The Kier molecular flexibility index (Phi) is 5.47. The summed E-state index contributed by atoms with van der Waals surface area (Å²) < 4.78 is 41.3. The molecule has 0 spiro atoms. The highest BCUT2D eigenvalue weighted by molar-refractivity contribution is 7.97. The van der Waals surface area contributed by atoms with Gasteiger partial charge in [0.05, 0.1) is 12.2 Å². The zero-order chi connectivity index (χ0) is 22.2. The van der Waals surface area contributed by atoms with E-state index in [2.05, 4.69) is 5.32 Å². The molecule has 0 radical (unpaired) electrons. The van der Waals surface area contributed by atoms with Crippen LogP contribution >= 0.6 is 11.3 Å². The van der Waals surface area contributed by atoms with Crippen molar-refractivity contribution in [3.8, 4) is 0 Å². The van der Waals surface area contributed by atoms with E-state index in [9.17, 15) is 22.4 Å². The summed E-state index contributed by atoms with van der Waals surface area (Å²) >= 11 is 1.15. The number of fused-ring (bicyclic) bond motifs is 1. The summed E-state index contributed by atoms with van der Waals surface area (Å²) in [6.45, 7) is 1.34. The number of benzene rings is 2. The van der Waals surface area contributed by atoms with Gasteiger partial charge in [-0.15, -0.1) is 11.3 Å². The quantitative estimate of drug-likeness (QED) is 0.449. The highest BCUT2D eigenvalue weighted by Crippen LogP contribution is 2.39. The van der Waals surface area contributed by atoms with Crippen LogP contribution in [0.15, 0.2) is 71.1 Å². The minimum atomic E-state index is -4.19. The number of sulfonamides is 1. The monoisotopic (exact) mass is 456 g/mol. The highest BCUT2D eigenvalue weighted by Gasteiger charge is 2.41. The van der Waals surface area contributed by atoms with Crippen LogP contribution in [-0.2, 0) is 16.6 Å². The van der Waals surface area contributed by atoms with E-state index in [1.165, 1.54) is 25.1 Å². The number of allylic oxidation sites excluding steroid dienone is 1. The average Bonchev–Trinajstić information content (AvgIpc) is 3.21. The van der Waals surface area contributed by atoms with Crippen LogP contribution in [0.1, 0.15) is 32.5 Å². The molecule has 3 aromatic rings. The van der Waals surface area contributed by atoms with Gasteiger partial charge in [0.15, 0.2) is 10.7 Å². The fraction of sp³-hybridized carbons (Fsp3) is 0.0909. The Balaban J connectivity index is 1.70. The maximum Gasteiger partial charge on any atom is 0.270 e.